The van der Waals surface area contributed by atoms with Crippen LogP contribution in [0.3, 0.4) is 0 Å². The highest BCUT2D eigenvalue weighted by atomic mass is 19.4. The Balaban J connectivity index is 2.04. The number of β-amino-alcohol motifs (C(OH)–C–C–N with tert-alkyl or cyclic N) is 1. The lowest BCUT2D eigenvalue weighted by Crippen LogP contribution is -2.48. The van der Waals surface area contributed by atoms with E-state index in [2.05, 4.69) is 12.2 Å². The van der Waals surface area contributed by atoms with Crippen LogP contribution in [0.5, 0.6) is 0 Å². The molecule has 0 spiro atoms. The quantitative estimate of drug-likeness (QED) is 0.606. The average Bonchev–Trinajstić information content (AvgIpc) is 3.11. The van der Waals surface area contributed by atoms with Crippen molar-refractivity contribution in [1.82, 2.24) is 5.32 Å². The Labute approximate surface area is 112 Å². The van der Waals surface area contributed by atoms with E-state index in [1.54, 1.807) is 0 Å². The molecule has 0 bridgehead atoms. The highest BCUT2D eigenvalue weighted by molar-refractivity contribution is 5.08. The van der Waals surface area contributed by atoms with Gasteiger partial charge in [0.25, 0.3) is 0 Å². The number of hydrogen-bond donors (Lipinski definition) is 2. The van der Waals surface area contributed by atoms with Crippen molar-refractivity contribution >= 4 is 0 Å². The van der Waals surface area contributed by atoms with Crippen molar-refractivity contribution in [1.29, 1.82) is 0 Å². The molecule has 0 aromatic rings. The Morgan fingerprint density at radius 1 is 1.26 bits per heavy atom. The number of rotatable bonds is 10. The number of ether oxygens (including phenoxy) is 1. The molecule has 0 heterocycles. The lowest BCUT2D eigenvalue weighted by atomic mass is 10.2. The van der Waals surface area contributed by atoms with E-state index in [0.717, 1.165) is 25.7 Å². The Morgan fingerprint density at radius 3 is 2.47 bits per heavy atom. The predicted octanol–water partition coefficient (Wildman–Crippen LogP) is 2.63. The maximum Gasteiger partial charge on any atom is 0.406 e. The molecule has 0 amide bonds. The number of unbranched alkanes of at least 4 members (excludes halogenated alkanes) is 3. The van der Waals surface area contributed by atoms with Crippen molar-refractivity contribution in [3.8, 4) is 0 Å². The van der Waals surface area contributed by atoms with Crippen molar-refractivity contribution in [2.45, 2.75) is 63.3 Å². The summed E-state index contributed by atoms with van der Waals surface area (Å²) in [5.41, 5.74) is -1.75. The van der Waals surface area contributed by atoms with Crippen LogP contribution >= 0.6 is 0 Å². The molecule has 0 aromatic heterocycles. The molecule has 1 atom stereocenters. The van der Waals surface area contributed by atoms with Gasteiger partial charge in [-0.25, -0.2) is 0 Å². The van der Waals surface area contributed by atoms with E-state index in [4.69, 9.17) is 4.74 Å². The summed E-state index contributed by atoms with van der Waals surface area (Å²) in [7, 11) is 0. The summed E-state index contributed by atoms with van der Waals surface area (Å²) < 4.78 is 43.0. The first-order valence-electron chi connectivity index (χ1n) is 6.99. The smallest absolute Gasteiger partial charge is 0.389 e. The van der Waals surface area contributed by atoms with Crippen LogP contribution in [0.2, 0.25) is 0 Å². The Bertz CT molecular complexity index is 255. The number of hydrogen-bond acceptors (Lipinski definition) is 3. The van der Waals surface area contributed by atoms with Crippen molar-refractivity contribution in [2.75, 3.05) is 19.8 Å². The molecular formula is C13H24F3NO2. The largest absolute Gasteiger partial charge is 0.406 e. The summed E-state index contributed by atoms with van der Waals surface area (Å²) in [4.78, 5) is 0. The molecule has 3 nitrogen and oxygen atoms in total. The summed E-state index contributed by atoms with van der Waals surface area (Å²) in [5, 5.41) is 12.0. The summed E-state index contributed by atoms with van der Waals surface area (Å²) in [6.07, 6.45) is -0.600. The van der Waals surface area contributed by atoms with E-state index in [0.29, 0.717) is 6.61 Å². The van der Waals surface area contributed by atoms with E-state index < -0.39 is 17.8 Å². The van der Waals surface area contributed by atoms with Gasteiger partial charge in [-0.2, -0.15) is 13.2 Å². The third-order valence-electron chi connectivity index (χ3n) is 3.42. The van der Waals surface area contributed by atoms with E-state index in [1.165, 1.54) is 0 Å². The van der Waals surface area contributed by atoms with Crippen LogP contribution in [0.4, 0.5) is 13.2 Å². The zero-order chi connectivity index (χ0) is 14.4. The van der Waals surface area contributed by atoms with Gasteiger partial charge in [0.15, 0.2) is 0 Å². The Kier molecular flexibility index (Phi) is 6.56. The molecule has 114 valence electrons. The number of alkyl halides is 3. The Morgan fingerprint density at radius 2 is 1.95 bits per heavy atom. The van der Waals surface area contributed by atoms with Crippen LogP contribution in [-0.4, -0.2) is 42.7 Å². The molecular weight excluding hydrogens is 259 g/mol. The molecule has 19 heavy (non-hydrogen) atoms. The SMILES string of the molecule is CCCCCCOCC(O)CNC1(C(F)(F)F)CC1. The van der Waals surface area contributed by atoms with Gasteiger partial charge in [0.05, 0.1) is 12.7 Å². The molecule has 1 rings (SSSR count). The number of halogens is 3. The van der Waals surface area contributed by atoms with Gasteiger partial charge in [-0.05, 0) is 19.3 Å². The summed E-state index contributed by atoms with van der Waals surface area (Å²) in [6.45, 7) is 2.69. The molecule has 0 aromatic carbocycles. The molecule has 1 unspecified atom stereocenters. The second-order valence-electron chi connectivity index (χ2n) is 5.25. The lowest BCUT2D eigenvalue weighted by molar-refractivity contribution is -0.167. The van der Waals surface area contributed by atoms with Crippen molar-refractivity contribution in [3.63, 3.8) is 0 Å². The normalized spacial score (nSPS) is 19.4. The van der Waals surface area contributed by atoms with Gasteiger partial charge in [0.1, 0.15) is 5.54 Å². The van der Waals surface area contributed by atoms with Crippen LogP contribution in [0.25, 0.3) is 0 Å². The fourth-order valence-corrected chi connectivity index (χ4v) is 1.91. The minimum absolute atomic E-state index is 0.0749. The minimum atomic E-state index is -4.23. The van der Waals surface area contributed by atoms with Gasteiger partial charge in [-0.15, -0.1) is 0 Å². The van der Waals surface area contributed by atoms with Gasteiger partial charge in [-0.3, -0.25) is 0 Å². The third-order valence-corrected chi connectivity index (χ3v) is 3.42. The van der Waals surface area contributed by atoms with Crippen LogP contribution < -0.4 is 5.32 Å². The first-order valence-corrected chi connectivity index (χ1v) is 6.99. The number of aliphatic hydroxyl groups excluding tert-OH is 1. The van der Waals surface area contributed by atoms with Gasteiger partial charge in [-0.1, -0.05) is 26.2 Å². The first kappa shape index (κ1) is 16.7. The first-order chi connectivity index (χ1) is 8.91. The maximum atomic E-state index is 12.6. The van der Waals surface area contributed by atoms with Gasteiger partial charge in [0.2, 0.25) is 0 Å². The summed E-state index contributed by atoms with van der Waals surface area (Å²) in [5.74, 6) is 0. The van der Waals surface area contributed by atoms with Crippen LogP contribution in [0, 0.1) is 0 Å². The van der Waals surface area contributed by atoms with E-state index in [-0.39, 0.29) is 26.0 Å². The average molecular weight is 283 g/mol. The van der Waals surface area contributed by atoms with E-state index >= 15 is 0 Å². The Hall–Kier alpha value is -0.330. The van der Waals surface area contributed by atoms with Gasteiger partial charge >= 0.3 is 6.18 Å². The van der Waals surface area contributed by atoms with Crippen LogP contribution in [-0.2, 0) is 4.74 Å². The fourth-order valence-electron chi connectivity index (χ4n) is 1.91. The van der Waals surface area contributed by atoms with E-state index in [9.17, 15) is 18.3 Å². The summed E-state index contributed by atoms with van der Waals surface area (Å²) in [6, 6.07) is 0. The van der Waals surface area contributed by atoms with Gasteiger partial charge < -0.3 is 15.2 Å². The molecule has 1 aliphatic carbocycles. The molecule has 1 saturated carbocycles. The van der Waals surface area contributed by atoms with Gasteiger partial charge in [0, 0.05) is 13.2 Å². The highest BCUT2D eigenvalue weighted by Gasteiger charge is 2.63. The number of aliphatic hydroxyl groups is 1. The maximum absolute atomic E-state index is 12.6. The lowest BCUT2D eigenvalue weighted by Gasteiger charge is -2.22. The molecule has 6 heteroatoms. The third kappa shape index (κ3) is 5.67. The van der Waals surface area contributed by atoms with Crippen LogP contribution in [0.15, 0.2) is 0 Å². The zero-order valence-corrected chi connectivity index (χ0v) is 11.4. The minimum Gasteiger partial charge on any atom is -0.389 e. The van der Waals surface area contributed by atoms with Crippen LogP contribution in [0.1, 0.15) is 45.4 Å². The molecule has 1 fully saturated rings. The molecule has 1 aliphatic rings. The highest BCUT2D eigenvalue weighted by Crippen LogP contribution is 2.48. The molecule has 0 aliphatic heterocycles. The number of nitrogens with one attached hydrogen (secondary N) is 1. The zero-order valence-electron chi connectivity index (χ0n) is 11.4. The predicted molar refractivity (Wildman–Crippen MR) is 67.0 cm³/mol. The standard InChI is InChI=1S/C13H24F3NO2/c1-2-3-4-5-8-19-10-11(18)9-17-12(6-7-12)13(14,15)16/h11,17-18H,2-10H2,1H3. The topological polar surface area (TPSA) is 41.5 Å². The fraction of sp³-hybridized carbons (Fsp3) is 1.00. The molecule has 0 saturated heterocycles. The van der Waals surface area contributed by atoms with Crippen molar-refractivity contribution in [2.24, 2.45) is 0 Å². The molecule has 0 radical (unpaired) electrons. The second-order valence-corrected chi connectivity index (χ2v) is 5.25. The van der Waals surface area contributed by atoms with Crippen molar-refractivity contribution < 1.29 is 23.0 Å². The van der Waals surface area contributed by atoms with E-state index in [1.807, 2.05) is 0 Å². The monoisotopic (exact) mass is 283 g/mol. The second kappa shape index (κ2) is 7.45. The van der Waals surface area contributed by atoms with Crippen molar-refractivity contribution in [3.05, 3.63) is 0 Å². The molecule has 2 N–H and O–H groups in total. The summed E-state index contributed by atoms with van der Waals surface area (Å²) >= 11 is 0.